The molecule has 0 saturated heterocycles. The lowest BCUT2D eigenvalue weighted by Crippen LogP contribution is -1.75. The first kappa shape index (κ1) is 12.9. The molecule has 23 heavy (non-hydrogen) atoms. The number of aromatic nitrogens is 1. The molecular weight excluding hydrogens is 354 g/mol. The molecule has 5 aromatic rings. The van der Waals surface area contributed by atoms with Crippen LogP contribution in [0.25, 0.3) is 44.5 Å². The Balaban J connectivity index is 1.76. The Morgan fingerprint density at radius 1 is 0.739 bits per heavy atom. The highest BCUT2D eigenvalue weighted by atomic mass is 79.9. The minimum absolute atomic E-state index is 0.615. The monoisotopic (exact) mass is 363 g/mol. The lowest BCUT2D eigenvalue weighted by atomic mass is 10.1. The van der Waals surface area contributed by atoms with E-state index in [1.54, 1.807) is 0 Å². The molecule has 2 aromatic heterocycles. The van der Waals surface area contributed by atoms with Crippen molar-refractivity contribution in [3.8, 4) is 11.5 Å². The second-order valence-electron chi connectivity index (χ2n) is 5.44. The third-order valence-electron chi connectivity index (χ3n) is 3.98. The van der Waals surface area contributed by atoms with Gasteiger partial charge >= 0.3 is 0 Å². The minimum atomic E-state index is 0.615. The molecule has 0 aliphatic heterocycles. The molecule has 4 heteroatoms. The molecule has 3 aromatic carbocycles. The largest absolute Gasteiger partial charge is 0.456 e. The van der Waals surface area contributed by atoms with Crippen molar-refractivity contribution in [2.24, 2.45) is 0 Å². The smallest absolute Gasteiger partial charge is 0.227 e. The van der Waals surface area contributed by atoms with E-state index in [9.17, 15) is 0 Å². The predicted molar refractivity (Wildman–Crippen MR) is 94.4 cm³/mol. The first-order valence-corrected chi connectivity index (χ1v) is 8.05. The zero-order valence-corrected chi connectivity index (χ0v) is 13.5. The van der Waals surface area contributed by atoms with E-state index < -0.39 is 0 Å². The highest BCUT2D eigenvalue weighted by Crippen LogP contribution is 2.33. The maximum Gasteiger partial charge on any atom is 0.227 e. The van der Waals surface area contributed by atoms with Gasteiger partial charge in [-0.2, -0.15) is 0 Å². The van der Waals surface area contributed by atoms with Crippen molar-refractivity contribution in [1.82, 2.24) is 4.98 Å². The fourth-order valence-electron chi connectivity index (χ4n) is 2.86. The lowest BCUT2D eigenvalue weighted by Gasteiger charge is -1.94. The van der Waals surface area contributed by atoms with E-state index in [1.165, 1.54) is 0 Å². The summed E-state index contributed by atoms with van der Waals surface area (Å²) in [5.41, 5.74) is 4.22. The Hall–Kier alpha value is -2.59. The molecule has 0 N–H and O–H groups in total. The quantitative estimate of drug-likeness (QED) is 0.358. The summed E-state index contributed by atoms with van der Waals surface area (Å²) < 4.78 is 12.9. The molecule has 0 atom stereocenters. The van der Waals surface area contributed by atoms with Gasteiger partial charge < -0.3 is 8.83 Å². The second kappa shape index (κ2) is 4.70. The number of oxazole rings is 1. The van der Waals surface area contributed by atoms with E-state index in [0.29, 0.717) is 5.89 Å². The van der Waals surface area contributed by atoms with Gasteiger partial charge in [0.25, 0.3) is 0 Å². The zero-order valence-electron chi connectivity index (χ0n) is 11.9. The van der Waals surface area contributed by atoms with Gasteiger partial charge in [-0.05, 0) is 36.4 Å². The SMILES string of the molecule is Brc1ccc(-c2nc3cc4oc5ccccc5c4cc3o2)cc1. The van der Waals surface area contributed by atoms with Crippen LogP contribution in [0.15, 0.2) is 74.0 Å². The molecule has 0 spiro atoms. The molecule has 3 nitrogen and oxygen atoms in total. The van der Waals surface area contributed by atoms with Crippen LogP contribution < -0.4 is 0 Å². The van der Waals surface area contributed by atoms with Crippen LogP contribution >= 0.6 is 15.9 Å². The van der Waals surface area contributed by atoms with Crippen LogP contribution in [0.4, 0.5) is 0 Å². The van der Waals surface area contributed by atoms with Crippen LogP contribution in [0.5, 0.6) is 0 Å². The van der Waals surface area contributed by atoms with Crippen LogP contribution in [0.2, 0.25) is 0 Å². The van der Waals surface area contributed by atoms with Gasteiger partial charge in [0.15, 0.2) is 5.58 Å². The number of fused-ring (bicyclic) bond motifs is 4. The highest BCUT2D eigenvalue weighted by molar-refractivity contribution is 9.10. The Morgan fingerprint density at radius 3 is 2.43 bits per heavy atom. The topological polar surface area (TPSA) is 39.2 Å². The maximum atomic E-state index is 5.95. The molecule has 0 bridgehead atoms. The number of rotatable bonds is 1. The first-order valence-electron chi connectivity index (χ1n) is 7.26. The van der Waals surface area contributed by atoms with Crippen LogP contribution in [0.1, 0.15) is 0 Å². The van der Waals surface area contributed by atoms with Gasteiger partial charge in [0, 0.05) is 26.9 Å². The van der Waals surface area contributed by atoms with Gasteiger partial charge in [0.1, 0.15) is 16.7 Å². The summed E-state index contributed by atoms with van der Waals surface area (Å²) in [6.45, 7) is 0. The van der Waals surface area contributed by atoms with Crippen LogP contribution in [0, 0.1) is 0 Å². The van der Waals surface area contributed by atoms with Gasteiger partial charge in [0.2, 0.25) is 5.89 Å². The Bertz CT molecular complexity index is 1170. The van der Waals surface area contributed by atoms with Crippen molar-refractivity contribution < 1.29 is 8.83 Å². The standard InChI is InChI=1S/C19H10BrNO2/c20-12-7-5-11(6-8-12)19-21-15-10-17-14(9-18(15)23-19)13-3-1-2-4-16(13)22-17/h1-10H. The van der Waals surface area contributed by atoms with Crippen molar-refractivity contribution in [3.05, 3.63) is 65.1 Å². The van der Waals surface area contributed by atoms with Crippen molar-refractivity contribution in [2.45, 2.75) is 0 Å². The summed E-state index contributed by atoms with van der Waals surface area (Å²) in [7, 11) is 0. The predicted octanol–water partition coefficient (Wildman–Crippen LogP) is 6.16. The summed E-state index contributed by atoms with van der Waals surface area (Å²) in [6.07, 6.45) is 0. The van der Waals surface area contributed by atoms with Crippen molar-refractivity contribution in [1.29, 1.82) is 0 Å². The molecule has 0 aliphatic carbocycles. The van der Waals surface area contributed by atoms with Crippen molar-refractivity contribution in [3.63, 3.8) is 0 Å². The average Bonchev–Trinajstić information content (AvgIpc) is 3.13. The summed E-state index contributed by atoms with van der Waals surface area (Å²) >= 11 is 3.44. The number of hydrogen-bond acceptors (Lipinski definition) is 3. The maximum absolute atomic E-state index is 5.95. The number of nitrogens with zero attached hydrogens (tertiary/aromatic N) is 1. The summed E-state index contributed by atoms with van der Waals surface area (Å²) in [4.78, 5) is 4.59. The van der Waals surface area contributed by atoms with Crippen molar-refractivity contribution in [2.75, 3.05) is 0 Å². The fraction of sp³-hybridized carbons (Fsp3) is 0. The Morgan fingerprint density at radius 2 is 1.57 bits per heavy atom. The number of furan rings is 1. The van der Waals surface area contributed by atoms with Crippen LogP contribution in [-0.4, -0.2) is 4.98 Å². The van der Waals surface area contributed by atoms with Gasteiger partial charge in [0.05, 0.1) is 0 Å². The van der Waals surface area contributed by atoms with E-state index >= 15 is 0 Å². The van der Waals surface area contributed by atoms with Crippen LogP contribution in [-0.2, 0) is 0 Å². The van der Waals surface area contributed by atoms with E-state index in [4.69, 9.17) is 8.83 Å². The average molecular weight is 364 g/mol. The second-order valence-corrected chi connectivity index (χ2v) is 6.36. The molecule has 2 heterocycles. The third-order valence-corrected chi connectivity index (χ3v) is 4.51. The van der Waals surface area contributed by atoms with Gasteiger partial charge in [-0.1, -0.05) is 34.1 Å². The van der Waals surface area contributed by atoms with Crippen molar-refractivity contribution >= 4 is 49.0 Å². The summed E-state index contributed by atoms with van der Waals surface area (Å²) in [5, 5.41) is 2.14. The normalized spacial score (nSPS) is 11.7. The number of para-hydroxylation sites is 1. The molecule has 0 aliphatic rings. The number of hydrogen-bond donors (Lipinski definition) is 0. The molecular formula is C19H10BrNO2. The van der Waals surface area contributed by atoms with Gasteiger partial charge in [-0.25, -0.2) is 4.98 Å². The lowest BCUT2D eigenvalue weighted by molar-refractivity contribution is 0.620. The van der Waals surface area contributed by atoms with Gasteiger partial charge in [-0.3, -0.25) is 0 Å². The molecule has 0 radical (unpaired) electrons. The van der Waals surface area contributed by atoms with E-state index in [0.717, 1.165) is 43.1 Å². The fourth-order valence-corrected chi connectivity index (χ4v) is 3.13. The first-order chi connectivity index (χ1) is 11.3. The number of halogens is 1. The molecule has 0 unspecified atom stereocenters. The Labute approximate surface area is 139 Å². The summed E-state index contributed by atoms with van der Waals surface area (Å²) in [5.74, 6) is 0.615. The molecule has 5 rings (SSSR count). The molecule has 0 fully saturated rings. The summed E-state index contributed by atoms with van der Waals surface area (Å²) in [6, 6.07) is 19.9. The Kier molecular flexibility index (Phi) is 2.64. The van der Waals surface area contributed by atoms with Crippen LogP contribution in [0.3, 0.4) is 0 Å². The minimum Gasteiger partial charge on any atom is -0.456 e. The molecule has 0 saturated carbocycles. The van der Waals surface area contributed by atoms with E-state index in [2.05, 4.69) is 27.0 Å². The highest BCUT2D eigenvalue weighted by Gasteiger charge is 2.13. The molecule has 110 valence electrons. The third kappa shape index (κ3) is 1.99. The van der Waals surface area contributed by atoms with E-state index in [1.807, 2.05) is 54.6 Å². The van der Waals surface area contributed by atoms with E-state index in [-0.39, 0.29) is 0 Å². The molecule has 0 amide bonds. The van der Waals surface area contributed by atoms with Gasteiger partial charge in [-0.15, -0.1) is 0 Å². The zero-order chi connectivity index (χ0) is 15.4. The number of benzene rings is 3.